The summed E-state index contributed by atoms with van der Waals surface area (Å²) in [6, 6.07) is 1.41. The molecule has 6 heteroatoms. The molecule has 0 aromatic heterocycles. The zero-order valence-corrected chi connectivity index (χ0v) is 15.5. The molecule has 3 saturated heterocycles. The van der Waals surface area contributed by atoms with Crippen molar-refractivity contribution in [2.24, 2.45) is 11.8 Å². The van der Waals surface area contributed by atoms with E-state index in [-0.39, 0.29) is 24.8 Å². The van der Waals surface area contributed by atoms with Crippen LogP contribution in [0.2, 0.25) is 0 Å². The molecule has 4 nitrogen and oxygen atoms in total. The Labute approximate surface area is 152 Å². The quantitative estimate of drug-likeness (QED) is 0.832. The van der Waals surface area contributed by atoms with Crippen LogP contribution in [0.1, 0.15) is 44.9 Å². The number of carbonyl (C=O) groups is 1. The Morgan fingerprint density at radius 3 is 2.04 bits per heavy atom. The van der Waals surface area contributed by atoms with E-state index in [0.29, 0.717) is 23.9 Å². The van der Waals surface area contributed by atoms with Gasteiger partial charge in [0.25, 0.3) is 0 Å². The molecule has 0 spiro atoms. The maximum Gasteiger partial charge on any atom is 0.222 e. The molecule has 1 amide bonds. The number of hydrogen-bond donors (Lipinski definition) is 1. The van der Waals surface area contributed by atoms with Gasteiger partial charge in [0.2, 0.25) is 5.91 Å². The fourth-order valence-electron chi connectivity index (χ4n) is 4.56. The Morgan fingerprint density at radius 2 is 1.48 bits per heavy atom. The molecule has 23 heavy (non-hydrogen) atoms. The topological polar surface area (TPSA) is 35.6 Å². The van der Waals surface area contributed by atoms with Crippen molar-refractivity contribution in [1.29, 1.82) is 0 Å². The second-order valence-electron chi connectivity index (χ2n) is 7.80. The van der Waals surface area contributed by atoms with Crippen molar-refractivity contribution in [3.8, 4) is 0 Å². The summed E-state index contributed by atoms with van der Waals surface area (Å²) in [6.45, 7) is 5.39. The Balaban J connectivity index is 0.000000960. The van der Waals surface area contributed by atoms with Crippen LogP contribution >= 0.6 is 24.8 Å². The van der Waals surface area contributed by atoms with E-state index >= 15 is 0 Å². The van der Waals surface area contributed by atoms with Gasteiger partial charge in [-0.05, 0) is 50.4 Å². The van der Waals surface area contributed by atoms with E-state index in [9.17, 15) is 4.79 Å². The minimum atomic E-state index is 0. The van der Waals surface area contributed by atoms with E-state index in [1.165, 1.54) is 45.1 Å². The van der Waals surface area contributed by atoms with Crippen LogP contribution in [0.15, 0.2) is 0 Å². The third kappa shape index (κ3) is 4.97. The van der Waals surface area contributed by atoms with Crippen LogP contribution in [0, 0.1) is 11.8 Å². The number of carbonyl (C=O) groups excluding carboxylic acids is 1. The van der Waals surface area contributed by atoms with E-state index in [2.05, 4.69) is 15.1 Å². The van der Waals surface area contributed by atoms with Gasteiger partial charge in [0, 0.05) is 51.2 Å². The van der Waals surface area contributed by atoms with Crippen LogP contribution in [0.3, 0.4) is 0 Å². The van der Waals surface area contributed by atoms with Crippen molar-refractivity contribution in [2.75, 3.05) is 32.7 Å². The van der Waals surface area contributed by atoms with Crippen molar-refractivity contribution >= 4 is 30.7 Å². The average Bonchev–Trinajstić information content (AvgIpc) is 3.23. The number of hydrogen-bond acceptors (Lipinski definition) is 3. The highest BCUT2D eigenvalue weighted by Gasteiger charge is 2.35. The monoisotopic (exact) mass is 363 g/mol. The van der Waals surface area contributed by atoms with Crippen molar-refractivity contribution in [3.05, 3.63) is 0 Å². The summed E-state index contributed by atoms with van der Waals surface area (Å²) in [6.07, 6.45) is 8.77. The summed E-state index contributed by atoms with van der Waals surface area (Å²) in [7, 11) is 0. The van der Waals surface area contributed by atoms with Gasteiger partial charge in [-0.2, -0.15) is 0 Å². The largest absolute Gasteiger partial charge is 0.340 e. The number of fused-ring (bicyclic) bond motifs is 2. The molecule has 134 valence electrons. The third-order valence-electron chi connectivity index (χ3n) is 5.97. The number of halogens is 2. The maximum absolute atomic E-state index is 12.5. The maximum atomic E-state index is 12.5. The Morgan fingerprint density at radius 1 is 0.870 bits per heavy atom. The standard InChI is InChI=1S/C17H29N3O.2ClH/c21-17(11-14-9-15-3-4-16(10-14)18-15)20-7-5-19(6-8-20)12-13-1-2-13;;/h13-16,18H,1-12H2;2*1H. The first-order valence-electron chi connectivity index (χ1n) is 9.02. The highest BCUT2D eigenvalue weighted by Crippen LogP contribution is 2.33. The molecular weight excluding hydrogens is 333 g/mol. The van der Waals surface area contributed by atoms with Crippen LogP contribution in [0.5, 0.6) is 0 Å². The van der Waals surface area contributed by atoms with E-state index in [1.807, 2.05) is 0 Å². The number of piperidine rings is 1. The summed E-state index contributed by atoms with van der Waals surface area (Å²) in [5, 5.41) is 3.67. The highest BCUT2D eigenvalue weighted by molar-refractivity contribution is 5.85. The Bertz CT molecular complexity index is 385. The lowest BCUT2D eigenvalue weighted by atomic mass is 9.89. The molecule has 2 unspecified atom stereocenters. The van der Waals surface area contributed by atoms with Gasteiger partial charge in [-0.15, -0.1) is 24.8 Å². The van der Waals surface area contributed by atoms with Crippen LogP contribution in [0.4, 0.5) is 0 Å². The van der Waals surface area contributed by atoms with Crippen LogP contribution in [0.25, 0.3) is 0 Å². The molecule has 4 rings (SSSR count). The van der Waals surface area contributed by atoms with E-state index in [1.54, 1.807) is 0 Å². The van der Waals surface area contributed by atoms with Crippen LogP contribution < -0.4 is 5.32 Å². The van der Waals surface area contributed by atoms with Crippen molar-refractivity contribution < 1.29 is 4.79 Å². The van der Waals surface area contributed by atoms with E-state index < -0.39 is 0 Å². The lowest BCUT2D eigenvalue weighted by Crippen LogP contribution is -2.50. The second kappa shape index (κ2) is 8.37. The van der Waals surface area contributed by atoms with Gasteiger partial charge in [-0.25, -0.2) is 0 Å². The molecule has 1 saturated carbocycles. The van der Waals surface area contributed by atoms with Gasteiger partial charge in [-0.1, -0.05) is 0 Å². The second-order valence-corrected chi connectivity index (χ2v) is 7.80. The third-order valence-corrected chi connectivity index (χ3v) is 5.97. The predicted octanol–water partition coefficient (Wildman–Crippen LogP) is 2.30. The molecule has 4 aliphatic rings. The van der Waals surface area contributed by atoms with Crippen molar-refractivity contribution in [2.45, 2.75) is 57.0 Å². The molecule has 3 heterocycles. The highest BCUT2D eigenvalue weighted by atomic mass is 35.5. The smallest absolute Gasteiger partial charge is 0.222 e. The van der Waals surface area contributed by atoms with Crippen molar-refractivity contribution in [1.82, 2.24) is 15.1 Å². The summed E-state index contributed by atoms with van der Waals surface area (Å²) in [5.41, 5.74) is 0. The molecular formula is C17H31Cl2N3O. The number of amides is 1. The van der Waals surface area contributed by atoms with Crippen molar-refractivity contribution in [3.63, 3.8) is 0 Å². The summed E-state index contributed by atoms with van der Waals surface area (Å²) in [5.74, 6) is 2.03. The number of rotatable bonds is 4. The fraction of sp³-hybridized carbons (Fsp3) is 0.941. The molecule has 2 bridgehead atoms. The normalized spacial score (nSPS) is 33.7. The molecule has 3 aliphatic heterocycles. The lowest BCUT2D eigenvalue weighted by molar-refractivity contribution is -0.134. The minimum Gasteiger partial charge on any atom is -0.340 e. The average molecular weight is 364 g/mol. The predicted molar refractivity (Wildman–Crippen MR) is 97.5 cm³/mol. The van der Waals surface area contributed by atoms with E-state index in [0.717, 1.165) is 38.5 Å². The van der Waals surface area contributed by atoms with Gasteiger partial charge in [0.15, 0.2) is 0 Å². The van der Waals surface area contributed by atoms with Gasteiger partial charge in [-0.3, -0.25) is 9.69 Å². The molecule has 0 aromatic rings. The summed E-state index contributed by atoms with van der Waals surface area (Å²) < 4.78 is 0. The first kappa shape index (κ1) is 19.3. The lowest BCUT2D eigenvalue weighted by Gasteiger charge is -2.36. The summed E-state index contributed by atoms with van der Waals surface area (Å²) in [4.78, 5) is 17.2. The molecule has 2 atom stereocenters. The number of nitrogens with zero attached hydrogens (tertiary/aromatic N) is 2. The zero-order valence-electron chi connectivity index (χ0n) is 13.9. The van der Waals surface area contributed by atoms with Gasteiger partial charge < -0.3 is 10.2 Å². The first-order valence-corrected chi connectivity index (χ1v) is 9.02. The fourth-order valence-corrected chi connectivity index (χ4v) is 4.56. The molecule has 0 radical (unpaired) electrons. The molecule has 1 N–H and O–H groups in total. The van der Waals surface area contributed by atoms with Crippen LogP contribution in [-0.2, 0) is 4.79 Å². The van der Waals surface area contributed by atoms with Gasteiger partial charge >= 0.3 is 0 Å². The molecule has 1 aliphatic carbocycles. The molecule has 0 aromatic carbocycles. The van der Waals surface area contributed by atoms with Crippen LogP contribution in [-0.4, -0.2) is 60.5 Å². The number of nitrogens with one attached hydrogen (secondary N) is 1. The minimum absolute atomic E-state index is 0. The van der Waals surface area contributed by atoms with Gasteiger partial charge in [0.1, 0.15) is 0 Å². The Hall–Kier alpha value is -0.0300. The summed E-state index contributed by atoms with van der Waals surface area (Å²) >= 11 is 0. The zero-order chi connectivity index (χ0) is 14.2. The van der Waals surface area contributed by atoms with E-state index in [4.69, 9.17) is 0 Å². The number of piperazine rings is 1. The first-order chi connectivity index (χ1) is 10.3. The molecule has 4 fully saturated rings. The Kier molecular flexibility index (Phi) is 7.02. The SMILES string of the molecule is Cl.Cl.O=C(CC1CC2CCC(C1)N2)N1CCN(CC2CC2)CC1. The van der Waals surface area contributed by atoms with Gasteiger partial charge in [0.05, 0.1) is 0 Å².